The van der Waals surface area contributed by atoms with Gasteiger partial charge >= 0.3 is 0 Å². The first-order valence-corrected chi connectivity index (χ1v) is 7.26. The summed E-state index contributed by atoms with van der Waals surface area (Å²) in [5.74, 6) is -0.757. The number of benzene rings is 2. The lowest BCUT2D eigenvalue weighted by molar-refractivity contribution is -0.137. The van der Waals surface area contributed by atoms with Gasteiger partial charge in [0.05, 0.1) is 5.69 Å². The highest BCUT2D eigenvalue weighted by Crippen LogP contribution is 2.50. The van der Waals surface area contributed by atoms with Crippen molar-refractivity contribution in [3.63, 3.8) is 0 Å². The second-order valence-corrected chi connectivity index (χ2v) is 5.87. The van der Waals surface area contributed by atoms with E-state index in [1.807, 2.05) is 0 Å². The molecule has 0 bridgehead atoms. The zero-order valence-corrected chi connectivity index (χ0v) is 12.8. The van der Waals surface area contributed by atoms with Gasteiger partial charge in [0.1, 0.15) is 6.10 Å². The lowest BCUT2D eigenvalue weighted by atomic mass is 9.87. The van der Waals surface area contributed by atoms with Crippen molar-refractivity contribution in [3.8, 4) is 0 Å². The van der Waals surface area contributed by atoms with E-state index < -0.39 is 17.7 Å². The summed E-state index contributed by atoms with van der Waals surface area (Å²) in [5.41, 5.74) is -1.45. The van der Waals surface area contributed by atoms with Crippen LogP contribution in [-0.2, 0) is 10.5 Å². The molecule has 0 aromatic heterocycles. The number of likely N-dealkylation sites (N-methyl/N-ethyl adjacent to an activating group) is 1. The van der Waals surface area contributed by atoms with Crippen LogP contribution < -0.4 is 4.90 Å². The number of fused-ring (bicyclic) bond motifs is 1. The number of carbonyl (C=O) groups excluding carboxylic acids is 1. The lowest BCUT2D eigenvalue weighted by Gasteiger charge is -2.26. The fourth-order valence-corrected chi connectivity index (χ4v) is 3.22. The topological polar surface area (TPSA) is 40.5 Å². The summed E-state index contributed by atoms with van der Waals surface area (Å²) in [6.45, 7) is 0. The van der Waals surface area contributed by atoms with Crippen LogP contribution in [-0.4, -0.2) is 18.1 Å². The van der Waals surface area contributed by atoms with Crippen molar-refractivity contribution in [2.45, 2.75) is 11.8 Å². The van der Waals surface area contributed by atoms with Gasteiger partial charge in [0.2, 0.25) is 5.67 Å². The normalized spacial score (nSPS) is 22.3. The number of aliphatic hydroxyl groups excluding tert-OH is 1. The molecular formula is C16H13BrFNO2. The molecule has 2 atom stereocenters. The van der Waals surface area contributed by atoms with Crippen LogP contribution in [0, 0.1) is 0 Å². The smallest absolute Gasteiger partial charge is 0.272 e. The van der Waals surface area contributed by atoms with Crippen molar-refractivity contribution in [2.24, 2.45) is 0 Å². The van der Waals surface area contributed by atoms with Crippen LogP contribution in [0.5, 0.6) is 0 Å². The fourth-order valence-electron chi connectivity index (χ4n) is 2.72. The van der Waals surface area contributed by atoms with Gasteiger partial charge in [-0.05, 0) is 17.7 Å². The predicted molar refractivity (Wildman–Crippen MR) is 81.7 cm³/mol. The number of hydrogen-bond acceptors (Lipinski definition) is 2. The Morgan fingerprint density at radius 2 is 1.81 bits per heavy atom. The van der Waals surface area contributed by atoms with Crippen LogP contribution >= 0.6 is 15.9 Å². The molecule has 2 aromatic rings. The summed E-state index contributed by atoms with van der Waals surface area (Å²) in [7, 11) is 1.51. The summed E-state index contributed by atoms with van der Waals surface area (Å²) in [5, 5.41) is 10.5. The molecule has 21 heavy (non-hydrogen) atoms. The van der Waals surface area contributed by atoms with E-state index in [0.29, 0.717) is 15.7 Å². The lowest BCUT2D eigenvalue weighted by Crippen LogP contribution is -2.40. The maximum Gasteiger partial charge on any atom is 0.272 e. The third-order valence-electron chi connectivity index (χ3n) is 3.85. The Morgan fingerprint density at radius 1 is 1.19 bits per heavy atom. The van der Waals surface area contributed by atoms with Crippen LogP contribution in [0.15, 0.2) is 53.0 Å². The molecule has 0 spiro atoms. The van der Waals surface area contributed by atoms with Gasteiger partial charge in [0, 0.05) is 17.1 Å². The van der Waals surface area contributed by atoms with Gasteiger partial charge in [-0.15, -0.1) is 0 Å². The van der Waals surface area contributed by atoms with Crippen LogP contribution in [0.25, 0.3) is 0 Å². The highest BCUT2D eigenvalue weighted by molar-refractivity contribution is 9.10. The largest absolute Gasteiger partial charge is 0.384 e. The Morgan fingerprint density at radius 3 is 2.52 bits per heavy atom. The first-order chi connectivity index (χ1) is 9.98. The second-order valence-electron chi connectivity index (χ2n) is 5.02. The van der Waals surface area contributed by atoms with Crippen molar-refractivity contribution in [1.82, 2.24) is 0 Å². The monoisotopic (exact) mass is 349 g/mol. The highest BCUT2D eigenvalue weighted by Gasteiger charge is 2.56. The number of halogens is 2. The van der Waals surface area contributed by atoms with Crippen molar-refractivity contribution >= 4 is 27.5 Å². The Kier molecular flexibility index (Phi) is 3.34. The number of para-hydroxylation sites is 1. The van der Waals surface area contributed by atoms with E-state index >= 15 is 4.39 Å². The maximum atomic E-state index is 15.5. The molecule has 3 rings (SSSR count). The summed E-state index contributed by atoms with van der Waals surface area (Å²) in [4.78, 5) is 13.6. The van der Waals surface area contributed by atoms with E-state index in [9.17, 15) is 9.90 Å². The number of amides is 1. The third-order valence-corrected chi connectivity index (χ3v) is 4.57. The molecular weight excluding hydrogens is 337 g/mol. The van der Waals surface area contributed by atoms with Gasteiger partial charge in [0.15, 0.2) is 0 Å². The minimum atomic E-state index is -2.48. The molecule has 0 fully saturated rings. The first kappa shape index (κ1) is 14.2. The first-order valence-electron chi connectivity index (χ1n) is 6.47. The summed E-state index contributed by atoms with van der Waals surface area (Å²) < 4.78 is 16.1. The molecule has 0 radical (unpaired) electrons. The zero-order chi connectivity index (χ0) is 15.2. The summed E-state index contributed by atoms with van der Waals surface area (Å²) in [6.07, 6.45) is -1.58. The highest BCUT2D eigenvalue weighted by atomic mass is 79.9. The van der Waals surface area contributed by atoms with Crippen LogP contribution in [0.3, 0.4) is 0 Å². The maximum absolute atomic E-state index is 15.5. The van der Waals surface area contributed by atoms with E-state index in [2.05, 4.69) is 15.9 Å². The number of alkyl halides is 1. The second kappa shape index (κ2) is 4.93. The zero-order valence-electron chi connectivity index (χ0n) is 11.3. The molecule has 2 aromatic carbocycles. The van der Waals surface area contributed by atoms with E-state index in [1.165, 1.54) is 18.0 Å². The van der Waals surface area contributed by atoms with Gasteiger partial charge in [0.25, 0.3) is 5.91 Å². The molecule has 108 valence electrons. The van der Waals surface area contributed by atoms with Crippen LogP contribution in [0.1, 0.15) is 17.2 Å². The fraction of sp³-hybridized carbons (Fsp3) is 0.188. The Balaban J connectivity index is 2.17. The van der Waals surface area contributed by atoms with Gasteiger partial charge in [-0.3, -0.25) is 4.79 Å². The molecule has 1 N–H and O–H groups in total. The van der Waals surface area contributed by atoms with E-state index in [1.54, 1.807) is 42.5 Å². The molecule has 0 unspecified atom stereocenters. The van der Waals surface area contributed by atoms with Crippen molar-refractivity contribution in [2.75, 3.05) is 11.9 Å². The SMILES string of the molecule is CN1C(=O)[C@](F)([C@H](O)c2ccccc2Br)c2ccccc21. The van der Waals surface area contributed by atoms with Crippen molar-refractivity contribution < 1.29 is 14.3 Å². The molecule has 3 nitrogen and oxygen atoms in total. The minimum absolute atomic E-state index is 0.195. The Bertz CT molecular complexity index is 721. The quantitative estimate of drug-likeness (QED) is 0.903. The molecule has 1 aliphatic heterocycles. The number of aliphatic hydroxyl groups is 1. The molecule has 5 heteroatoms. The molecule has 1 aliphatic rings. The molecule has 0 aliphatic carbocycles. The molecule has 0 saturated carbocycles. The van der Waals surface area contributed by atoms with Gasteiger partial charge in [-0.1, -0.05) is 52.3 Å². The Hall–Kier alpha value is -1.72. The van der Waals surface area contributed by atoms with Gasteiger partial charge in [-0.2, -0.15) is 0 Å². The third kappa shape index (κ3) is 1.92. The van der Waals surface area contributed by atoms with E-state index in [-0.39, 0.29) is 5.56 Å². The van der Waals surface area contributed by atoms with Gasteiger partial charge in [-0.25, -0.2) is 4.39 Å². The average Bonchev–Trinajstić information content (AvgIpc) is 2.70. The average molecular weight is 350 g/mol. The molecule has 1 amide bonds. The van der Waals surface area contributed by atoms with Crippen molar-refractivity contribution in [3.05, 3.63) is 64.1 Å². The Labute approximate surface area is 130 Å². The molecule has 0 saturated heterocycles. The minimum Gasteiger partial charge on any atom is -0.384 e. The van der Waals surface area contributed by atoms with Crippen LogP contribution in [0.4, 0.5) is 10.1 Å². The van der Waals surface area contributed by atoms with Crippen molar-refractivity contribution in [1.29, 1.82) is 0 Å². The van der Waals surface area contributed by atoms with E-state index in [4.69, 9.17) is 0 Å². The number of anilines is 1. The summed E-state index contributed by atoms with van der Waals surface area (Å²) in [6, 6.07) is 13.4. The number of rotatable bonds is 2. The van der Waals surface area contributed by atoms with Crippen LogP contribution in [0.2, 0.25) is 0 Å². The number of carbonyl (C=O) groups is 1. The molecule has 1 heterocycles. The number of hydrogen-bond donors (Lipinski definition) is 1. The summed E-state index contributed by atoms with van der Waals surface area (Å²) >= 11 is 3.29. The van der Waals surface area contributed by atoms with Gasteiger partial charge < -0.3 is 10.0 Å². The van der Waals surface area contributed by atoms with E-state index in [0.717, 1.165) is 0 Å². The standard InChI is InChI=1S/C16H13BrFNO2/c1-19-13-9-5-3-7-11(13)16(18,15(19)21)14(20)10-6-2-4-8-12(10)17/h2-9,14,20H,1H3/t14-,16-/m1/s1. The number of nitrogens with zero attached hydrogens (tertiary/aromatic N) is 1. The predicted octanol–water partition coefficient (Wildman–Crippen LogP) is 3.32.